The third kappa shape index (κ3) is 2.93. The van der Waals surface area contributed by atoms with Gasteiger partial charge in [-0.2, -0.15) is 5.10 Å². The van der Waals surface area contributed by atoms with Crippen LogP contribution in [-0.4, -0.2) is 15.7 Å². The molecule has 1 aromatic heterocycles. The molecular formula is C14H18N4O. The summed E-state index contributed by atoms with van der Waals surface area (Å²) >= 11 is 0. The summed E-state index contributed by atoms with van der Waals surface area (Å²) in [6.45, 7) is 5.96. The van der Waals surface area contributed by atoms with Crippen molar-refractivity contribution in [2.45, 2.75) is 26.8 Å². The zero-order valence-corrected chi connectivity index (χ0v) is 11.3. The number of nitrogens with zero attached hydrogens (tertiary/aromatic N) is 2. The van der Waals surface area contributed by atoms with Crippen molar-refractivity contribution in [1.29, 1.82) is 0 Å². The lowest BCUT2D eigenvalue weighted by molar-refractivity contribution is 0.102. The molecule has 2 rings (SSSR count). The second-order valence-corrected chi connectivity index (χ2v) is 4.83. The van der Waals surface area contributed by atoms with E-state index in [2.05, 4.69) is 10.4 Å². The van der Waals surface area contributed by atoms with Crippen molar-refractivity contribution in [2.24, 2.45) is 0 Å². The third-order valence-corrected chi connectivity index (χ3v) is 2.93. The maximum atomic E-state index is 12.1. The zero-order valence-electron chi connectivity index (χ0n) is 11.3. The highest BCUT2D eigenvalue weighted by atomic mass is 16.1. The minimum absolute atomic E-state index is 0.185. The number of nitrogen functional groups attached to an aromatic ring is 1. The van der Waals surface area contributed by atoms with Crippen LogP contribution in [0.2, 0.25) is 0 Å². The maximum Gasteiger partial charge on any atom is 0.255 e. The highest BCUT2D eigenvalue weighted by Gasteiger charge is 2.09. The first kappa shape index (κ1) is 13.1. The Bertz CT molecular complexity index is 601. The molecule has 5 nitrogen and oxygen atoms in total. The number of hydrogen-bond donors (Lipinski definition) is 2. The van der Waals surface area contributed by atoms with Crippen molar-refractivity contribution in [3.8, 4) is 0 Å². The molecule has 2 aromatic rings. The normalized spacial score (nSPS) is 10.7. The molecule has 5 heteroatoms. The highest BCUT2D eigenvalue weighted by Crippen LogP contribution is 2.15. The lowest BCUT2D eigenvalue weighted by atomic mass is 10.1. The standard InChI is InChI=1S/C14H18N4O/c1-9(2)18-8-12(7-16-18)17-14(19)11-5-4-10(3)13(15)6-11/h4-9H,15H2,1-3H3,(H,17,19). The Morgan fingerprint density at radius 2 is 2.16 bits per heavy atom. The second-order valence-electron chi connectivity index (χ2n) is 4.83. The topological polar surface area (TPSA) is 72.9 Å². The van der Waals surface area contributed by atoms with Crippen LogP contribution in [0, 0.1) is 6.92 Å². The Hall–Kier alpha value is -2.30. The Kier molecular flexibility index (Phi) is 3.55. The first-order valence-electron chi connectivity index (χ1n) is 6.19. The number of benzene rings is 1. The van der Waals surface area contributed by atoms with Gasteiger partial charge in [-0.3, -0.25) is 9.48 Å². The van der Waals surface area contributed by atoms with E-state index in [1.165, 1.54) is 0 Å². The van der Waals surface area contributed by atoms with E-state index in [1.54, 1.807) is 29.2 Å². The van der Waals surface area contributed by atoms with Crippen LogP contribution in [0.3, 0.4) is 0 Å². The van der Waals surface area contributed by atoms with E-state index in [9.17, 15) is 4.79 Å². The van der Waals surface area contributed by atoms with Gasteiger partial charge in [0.2, 0.25) is 0 Å². The second kappa shape index (κ2) is 5.14. The molecule has 0 saturated heterocycles. The molecule has 19 heavy (non-hydrogen) atoms. The van der Waals surface area contributed by atoms with Gasteiger partial charge >= 0.3 is 0 Å². The number of aromatic nitrogens is 2. The Morgan fingerprint density at radius 1 is 1.42 bits per heavy atom. The van der Waals surface area contributed by atoms with Gasteiger partial charge in [-0.1, -0.05) is 6.07 Å². The fourth-order valence-electron chi connectivity index (χ4n) is 1.67. The molecule has 0 aliphatic heterocycles. The van der Waals surface area contributed by atoms with Gasteiger partial charge in [0.15, 0.2) is 0 Å². The number of nitrogens with one attached hydrogen (secondary N) is 1. The zero-order chi connectivity index (χ0) is 14.0. The molecule has 3 N–H and O–H groups in total. The molecule has 0 aliphatic carbocycles. The molecule has 0 radical (unpaired) electrons. The van der Waals surface area contributed by atoms with Gasteiger partial charge in [-0.05, 0) is 38.5 Å². The molecule has 100 valence electrons. The number of rotatable bonds is 3. The van der Waals surface area contributed by atoms with E-state index in [0.29, 0.717) is 16.9 Å². The molecule has 0 unspecified atom stereocenters. The summed E-state index contributed by atoms with van der Waals surface area (Å²) in [6.07, 6.45) is 3.44. The number of hydrogen-bond acceptors (Lipinski definition) is 3. The molecule has 1 heterocycles. The predicted octanol–water partition coefficient (Wildman–Crippen LogP) is 2.61. The minimum Gasteiger partial charge on any atom is -0.398 e. The average molecular weight is 258 g/mol. The van der Waals surface area contributed by atoms with Crippen LogP contribution in [0.25, 0.3) is 0 Å². The number of carbonyl (C=O) groups is 1. The van der Waals surface area contributed by atoms with E-state index >= 15 is 0 Å². The number of amides is 1. The Labute approximate surface area is 112 Å². The van der Waals surface area contributed by atoms with Gasteiger partial charge in [-0.15, -0.1) is 0 Å². The quantitative estimate of drug-likeness (QED) is 0.831. The van der Waals surface area contributed by atoms with Gasteiger partial charge in [0.25, 0.3) is 5.91 Å². The van der Waals surface area contributed by atoms with Crippen LogP contribution in [0.15, 0.2) is 30.6 Å². The van der Waals surface area contributed by atoms with Gasteiger partial charge in [-0.25, -0.2) is 0 Å². The van der Waals surface area contributed by atoms with Crippen molar-refractivity contribution in [1.82, 2.24) is 9.78 Å². The Morgan fingerprint density at radius 3 is 2.74 bits per heavy atom. The van der Waals surface area contributed by atoms with Crippen LogP contribution in [0.1, 0.15) is 35.8 Å². The van der Waals surface area contributed by atoms with Crippen LogP contribution in [0.4, 0.5) is 11.4 Å². The number of aryl methyl sites for hydroxylation is 1. The molecule has 1 amide bonds. The molecule has 1 aromatic carbocycles. The van der Waals surface area contributed by atoms with Crippen LogP contribution in [0.5, 0.6) is 0 Å². The summed E-state index contributed by atoms with van der Waals surface area (Å²) in [7, 11) is 0. The number of nitrogens with two attached hydrogens (primary N) is 1. The maximum absolute atomic E-state index is 12.1. The van der Waals surface area contributed by atoms with E-state index in [0.717, 1.165) is 5.56 Å². The molecule has 0 saturated carbocycles. The van der Waals surface area contributed by atoms with Gasteiger partial charge in [0.05, 0.1) is 11.9 Å². The smallest absolute Gasteiger partial charge is 0.255 e. The SMILES string of the molecule is Cc1ccc(C(=O)Nc2cnn(C(C)C)c2)cc1N. The Balaban J connectivity index is 2.13. The lowest BCUT2D eigenvalue weighted by Gasteiger charge is -2.06. The highest BCUT2D eigenvalue weighted by molar-refractivity contribution is 6.04. The molecule has 0 aliphatic rings. The van der Waals surface area contributed by atoms with E-state index in [-0.39, 0.29) is 11.9 Å². The lowest BCUT2D eigenvalue weighted by Crippen LogP contribution is -2.12. The summed E-state index contributed by atoms with van der Waals surface area (Å²) in [5.41, 5.74) is 8.60. The summed E-state index contributed by atoms with van der Waals surface area (Å²) in [5.74, 6) is -0.185. The summed E-state index contributed by atoms with van der Waals surface area (Å²) in [4.78, 5) is 12.1. The van der Waals surface area contributed by atoms with Crippen LogP contribution in [-0.2, 0) is 0 Å². The molecular weight excluding hydrogens is 240 g/mol. The number of anilines is 2. The van der Waals surface area contributed by atoms with Crippen molar-refractivity contribution >= 4 is 17.3 Å². The van der Waals surface area contributed by atoms with Crippen molar-refractivity contribution in [3.05, 3.63) is 41.7 Å². The fraction of sp³-hybridized carbons (Fsp3) is 0.286. The van der Waals surface area contributed by atoms with Crippen molar-refractivity contribution in [3.63, 3.8) is 0 Å². The third-order valence-electron chi connectivity index (χ3n) is 2.93. The van der Waals surface area contributed by atoms with Crippen LogP contribution >= 0.6 is 0 Å². The van der Waals surface area contributed by atoms with Gasteiger partial charge < -0.3 is 11.1 Å². The molecule has 0 atom stereocenters. The first-order valence-corrected chi connectivity index (χ1v) is 6.19. The van der Waals surface area contributed by atoms with E-state index < -0.39 is 0 Å². The van der Waals surface area contributed by atoms with Crippen molar-refractivity contribution < 1.29 is 4.79 Å². The largest absolute Gasteiger partial charge is 0.398 e. The van der Waals surface area contributed by atoms with Gasteiger partial charge in [0, 0.05) is 23.5 Å². The summed E-state index contributed by atoms with van der Waals surface area (Å²) in [6, 6.07) is 5.54. The molecule has 0 spiro atoms. The first-order chi connectivity index (χ1) is 8.97. The fourth-order valence-corrected chi connectivity index (χ4v) is 1.67. The van der Waals surface area contributed by atoms with Crippen LogP contribution < -0.4 is 11.1 Å². The molecule has 0 bridgehead atoms. The number of carbonyl (C=O) groups excluding carboxylic acids is 1. The average Bonchev–Trinajstić information content (AvgIpc) is 2.81. The van der Waals surface area contributed by atoms with Crippen molar-refractivity contribution in [2.75, 3.05) is 11.1 Å². The summed E-state index contributed by atoms with van der Waals surface area (Å²) < 4.78 is 1.79. The van der Waals surface area contributed by atoms with E-state index in [4.69, 9.17) is 5.73 Å². The summed E-state index contributed by atoms with van der Waals surface area (Å²) in [5, 5.41) is 6.97. The van der Waals surface area contributed by atoms with Gasteiger partial charge in [0.1, 0.15) is 0 Å². The van der Waals surface area contributed by atoms with E-state index in [1.807, 2.05) is 26.8 Å². The monoisotopic (exact) mass is 258 g/mol. The minimum atomic E-state index is -0.185. The predicted molar refractivity (Wildman–Crippen MR) is 76.2 cm³/mol. The molecule has 0 fully saturated rings.